The molecular weight excluding hydrogens is 438 g/mol. The summed E-state index contributed by atoms with van der Waals surface area (Å²) in [5.74, 6) is 0.798. The van der Waals surface area contributed by atoms with Gasteiger partial charge in [0, 0.05) is 25.8 Å². The third-order valence-electron chi connectivity index (χ3n) is 5.72. The van der Waals surface area contributed by atoms with Crippen LogP contribution in [0.1, 0.15) is 31.2 Å². The molecule has 0 spiro atoms. The van der Waals surface area contributed by atoms with Crippen LogP contribution in [0.5, 0.6) is 5.75 Å². The second-order valence-corrected chi connectivity index (χ2v) is 9.77. The number of hydrogen-bond donors (Lipinski definition) is 1. The molecule has 172 valence electrons. The molecule has 0 saturated carbocycles. The standard InChI is InChI=1S/C24H27N5O3S/c1-28-17-24(26-18-28)33(30,31)27-29-14-2-4-22(29)5-3-15-32-23-12-10-21(11-13-23)20-8-6-19(16-25)7-9-20/h6-13,17-18,22,27H,2-5,14-15H2,1H3. The summed E-state index contributed by atoms with van der Waals surface area (Å²) in [6.45, 7) is 1.25. The van der Waals surface area contributed by atoms with Gasteiger partial charge in [-0.3, -0.25) is 0 Å². The van der Waals surface area contributed by atoms with Gasteiger partial charge in [-0.15, -0.1) is 4.83 Å². The van der Waals surface area contributed by atoms with E-state index in [9.17, 15) is 8.42 Å². The molecule has 2 aromatic carbocycles. The summed E-state index contributed by atoms with van der Waals surface area (Å²) in [6, 6.07) is 17.6. The summed E-state index contributed by atoms with van der Waals surface area (Å²) in [5.41, 5.74) is 2.76. The Morgan fingerprint density at radius 3 is 2.48 bits per heavy atom. The van der Waals surface area contributed by atoms with Crippen LogP contribution in [0.15, 0.2) is 66.1 Å². The molecule has 1 aromatic heterocycles. The van der Waals surface area contributed by atoms with Crippen molar-refractivity contribution in [2.45, 2.75) is 36.8 Å². The molecule has 1 atom stereocenters. The fraction of sp³-hybridized carbons (Fsp3) is 0.333. The maximum atomic E-state index is 12.6. The van der Waals surface area contributed by atoms with Crippen LogP contribution >= 0.6 is 0 Å². The van der Waals surface area contributed by atoms with Crippen LogP contribution < -0.4 is 9.57 Å². The fourth-order valence-electron chi connectivity index (χ4n) is 3.97. The third kappa shape index (κ3) is 5.79. The summed E-state index contributed by atoms with van der Waals surface area (Å²) >= 11 is 0. The minimum Gasteiger partial charge on any atom is -0.494 e. The van der Waals surface area contributed by atoms with Gasteiger partial charge in [0.15, 0.2) is 5.03 Å². The highest BCUT2D eigenvalue weighted by Gasteiger charge is 2.29. The van der Waals surface area contributed by atoms with Gasteiger partial charge in [0.25, 0.3) is 10.0 Å². The maximum Gasteiger partial charge on any atom is 0.272 e. The van der Waals surface area contributed by atoms with Crippen LogP contribution in [0.25, 0.3) is 11.1 Å². The highest BCUT2D eigenvalue weighted by atomic mass is 32.2. The molecule has 0 aliphatic carbocycles. The minimum atomic E-state index is -3.66. The van der Waals surface area contributed by atoms with Gasteiger partial charge in [-0.25, -0.2) is 18.4 Å². The lowest BCUT2D eigenvalue weighted by Crippen LogP contribution is -2.45. The molecule has 8 nitrogen and oxygen atoms in total. The van der Waals surface area contributed by atoms with Crippen LogP contribution in [-0.4, -0.2) is 42.2 Å². The van der Waals surface area contributed by atoms with Gasteiger partial charge >= 0.3 is 0 Å². The van der Waals surface area contributed by atoms with Crippen molar-refractivity contribution < 1.29 is 13.2 Å². The van der Waals surface area contributed by atoms with Gasteiger partial charge in [-0.1, -0.05) is 24.3 Å². The molecule has 2 heterocycles. The quantitative estimate of drug-likeness (QED) is 0.486. The monoisotopic (exact) mass is 465 g/mol. The zero-order valence-electron chi connectivity index (χ0n) is 18.5. The van der Waals surface area contributed by atoms with E-state index in [0.29, 0.717) is 18.7 Å². The molecule has 1 saturated heterocycles. The van der Waals surface area contributed by atoms with Gasteiger partial charge in [0.2, 0.25) is 0 Å². The maximum absolute atomic E-state index is 12.6. The third-order valence-corrected chi connectivity index (χ3v) is 6.96. The first-order valence-corrected chi connectivity index (χ1v) is 12.4. The Kier molecular flexibility index (Phi) is 7.08. The van der Waals surface area contributed by atoms with Gasteiger partial charge in [0.05, 0.1) is 24.6 Å². The average Bonchev–Trinajstić information content (AvgIpc) is 3.46. The number of nitriles is 1. The topological polar surface area (TPSA) is 100 Å². The van der Waals surface area contributed by atoms with Gasteiger partial charge in [-0.05, 0) is 61.1 Å². The van der Waals surface area contributed by atoms with Crippen LogP contribution in [0.3, 0.4) is 0 Å². The summed E-state index contributed by atoms with van der Waals surface area (Å²) in [4.78, 5) is 6.64. The number of aryl methyl sites for hydroxylation is 1. The van der Waals surface area contributed by atoms with Crippen LogP contribution in [0, 0.1) is 11.3 Å². The van der Waals surface area contributed by atoms with Crippen molar-refractivity contribution in [3.8, 4) is 22.9 Å². The number of nitrogens with one attached hydrogen (secondary N) is 1. The van der Waals surface area contributed by atoms with E-state index in [1.165, 1.54) is 12.5 Å². The Morgan fingerprint density at radius 1 is 1.15 bits per heavy atom. The van der Waals surface area contributed by atoms with E-state index in [-0.39, 0.29) is 11.1 Å². The number of hydrazine groups is 1. The first kappa shape index (κ1) is 23.0. The molecular formula is C24H27N5O3S. The van der Waals surface area contributed by atoms with E-state index in [2.05, 4.69) is 15.9 Å². The van der Waals surface area contributed by atoms with Crippen molar-refractivity contribution in [1.29, 1.82) is 5.26 Å². The number of hydrogen-bond acceptors (Lipinski definition) is 6. The number of rotatable bonds is 9. The second kappa shape index (κ2) is 10.2. The molecule has 0 radical (unpaired) electrons. The van der Waals surface area contributed by atoms with Gasteiger partial charge in [0.1, 0.15) is 5.75 Å². The zero-order valence-corrected chi connectivity index (χ0v) is 19.3. The SMILES string of the molecule is Cn1cnc(S(=O)(=O)NN2CCCC2CCCOc2ccc(-c3ccc(C#N)cc3)cc2)c1. The second-order valence-electron chi connectivity index (χ2n) is 8.17. The fourth-order valence-corrected chi connectivity index (χ4v) is 5.11. The van der Waals surface area contributed by atoms with Gasteiger partial charge < -0.3 is 9.30 Å². The Balaban J connectivity index is 1.25. The highest BCUT2D eigenvalue weighted by Crippen LogP contribution is 2.24. The van der Waals surface area contributed by atoms with Crippen molar-refractivity contribution in [1.82, 2.24) is 19.4 Å². The predicted octanol–water partition coefficient (Wildman–Crippen LogP) is 3.48. The molecule has 1 unspecified atom stereocenters. The Morgan fingerprint density at radius 2 is 1.85 bits per heavy atom. The van der Waals surface area contributed by atoms with Gasteiger partial charge in [-0.2, -0.15) is 5.26 Å². The van der Waals surface area contributed by atoms with Crippen LogP contribution in [-0.2, 0) is 17.1 Å². The van der Waals surface area contributed by atoms with E-state index >= 15 is 0 Å². The molecule has 1 N–H and O–H groups in total. The van der Waals surface area contributed by atoms with Crippen LogP contribution in [0.4, 0.5) is 0 Å². The average molecular weight is 466 g/mol. The number of sulfonamides is 1. The number of ether oxygens (including phenoxy) is 1. The summed E-state index contributed by atoms with van der Waals surface area (Å²) < 4.78 is 32.6. The zero-order chi connectivity index (χ0) is 23.3. The van der Waals surface area contributed by atoms with Crippen LogP contribution in [0.2, 0.25) is 0 Å². The predicted molar refractivity (Wildman–Crippen MR) is 125 cm³/mol. The van der Waals surface area contributed by atoms with Crippen molar-refractivity contribution in [3.63, 3.8) is 0 Å². The number of benzene rings is 2. The first-order valence-electron chi connectivity index (χ1n) is 10.9. The largest absolute Gasteiger partial charge is 0.494 e. The van der Waals surface area contributed by atoms with Crippen molar-refractivity contribution in [2.75, 3.05) is 13.2 Å². The lowest BCUT2D eigenvalue weighted by atomic mass is 10.0. The smallest absolute Gasteiger partial charge is 0.272 e. The lowest BCUT2D eigenvalue weighted by Gasteiger charge is -2.24. The number of imidazole rings is 1. The van der Waals surface area contributed by atoms with E-state index in [0.717, 1.165) is 42.6 Å². The normalized spacial score (nSPS) is 16.5. The van der Waals surface area contributed by atoms with Crippen molar-refractivity contribution in [3.05, 3.63) is 66.6 Å². The van der Waals surface area contributed by atoms with E-state index < -0.39 is 10.0 Å². The van der Waals surface area contributed by atoms with Crippen molar-refractivity contribution >= 4 is 10.0 Å². The molecule has 3 aromatic rings. The first-order chi connectivity index (χ1) is 15.9. The highest BCUT2D eigenvalue weighted by molar-refractivity contribution is 7.89. The Bertz CT molecular complexity index is 1210. The molecule has 4 rings (SSSR count). The molecule has 1 fully saturated rings. The number of nitrogens with zero attached hydrogens (tertiary/aromatic N) is 4. The van der Waals surface area contributed by atoms with E-state index in [1.54, 1.807) is 11.6 Å². The molecule has 0 bridgehead atoms. The molecule has 0 amide bonds. The molecule has 33 heavy (non-hydrogen) atoms. The molecule has 1 aliphatic heterocycles. The Labute approximate surface area is 194 Å². The summed E-state index contributed by atoms with van der Waals surface area (Å²) in [7, 11) is -1.92. The van der Waals surface area contributed by atoms with E-state index in [1.807, 2.05) is 53.5 Å². The molecule has 9 heteroatoms. The van der Waals surface area contributed by atoms with E-state index in [4.69, 9.17) is 10.00 Å². The van der Waals surface area contributed by atoms with Crippen molar-refractivity contribution in [2.24, 2.45) is 7.05 Å². The summed E-state index contributed by atoms with van der Waals surface area (Å²) in [5, 5.41) is 10.8. The summed E-state index contributed by atoms with van der Waals surface area (Å²) in [6.07, 6.45) is 6.53. The Hall–Kier alpha value is -3.19. The molecule has 1 aliphatic rings. The lowest BCUT2D eigenvalue weighted by molar-refractivity contribution is 0.197. The minimum absolute atomic E-state index is 0.0310. The number of aromatic nitrogens is 2.